The molecule has 18 heavy (non-hydrogen) atoms. The van der Waals surface area contributed by atoms with Crippen LogP contribution in [0, 0.1) is 0 Å². The van der Waals surface area contributed by atoms with E-state index in [1.54, 1.807) is 7.11 Å². The van der Waals surface area contributed by atoms with Gasteiger partial charge in [0.2, 0.25) is 0 Å². The molecule has 4 heteroatoms. The molecule has 1 fully saturated rings. The minimum atomic E-state index is -0.133. The molecule has 0 aromatic heterocycles. The summed E-state index contributed by atoms with van der Waals surface area (Å²) >= 11 is 0. The molecule has 1 saturated heterocycles. The van der Waals surface area contributed by atoms with Crippen molar-refractivity contribution in [3.05, 3.63) is 18.2 Å². The van der Waals surface area contributed by atoms with Crippen molar-refractivity contribution < 1.29 is 9.47 Å². The van der Waals surface area contributed by atoms with E-state index in [0.29, 0.717) is 5.69 Å². The van der Waals surface area contributed by atoms with Gasteiger partial charge in [-0.2, -0.15) is 0 Å². The molecule has 1 aliphatic heterocycles. The molecule has 0 aliphatic carbocycles. The summed E-state index contributed by atoms with van der Waals surface area (Å²) < 4.78 is 11.2. The number of nitrogens with zero attached hydrogens (tertiary/aromatic N) is 1. The molecule has 0 spiro atoms. The predicted molar refractivity (Wildman–Crippen MR) is 74.2 cm³/mol. The fourth-order valence-electron chi connectivity index (χ4n) is 2.55. The van der Waals surface area contributed by atoms with Crippen molar-refractivity contribution in [3.8, 4) is 5.75 Å². The highest BCUT2D eigenvalue weighted by atomic mass is 16.5. The van der Waals surface area contributed by atoms with Gasteiger partial charge in [-0.15, -0.1) is 0 Å². The van der Waals surface area contributed by atoms with E-state index in [4.69, 9.17) is 15.2 Å². The van der Waals surface area contributed by atoms with Gasteiger partial charge < -0.3 is 20.1 Å². The van der Waals surface area contributed by atoms with Gasteiger partial charge in [-0.05, 0) is 32.9 Å². The van der Waals surface area contributed by atoms with E-state index in [1.807, 2.05) is 18.2 Å². The van der Waals surface area contributed by atoms with Crippen LogP contribution >= 0.6 is 0 Å². The van der Waals surface area contributed by atoms with Gasteiger partial charge in [0, 0.05) is 24.8 Å². The Bertz CT molecular complexity index is 432. The van der Waals surface area contributed by atoms with E-state index < -0.39 is 0 Å². The Hall–Kier alpha value is -1.42. The maximum atomic E-state index is 5.91. The van der Waals surface area contributed by atoms with Gasteiger partial charge in [0.25, 0.3) is 0 Å². The monoisotopic (exact) mass is 250 g/mol. The summed E-state index contributed by atoms with van der Waals surface area (Å²) in [5, 5.41) is 0. The number of nitrogen functional groups attached to an aromatic ring is 1. The van der Waals surface area contributed by atoms with Crippen molar-refractivity contribution in [2.45, 2.75) is 32.5 Å². The van der Waals surface area contributed by atoms with Crippen LogP contribution < -0.4 is 15.4 Å². The summed E-state index contributed by atoms with van der Waals surface area (Å²) in [6.45, 7) is 8.08. The topological polar surface area (TPSA) is 47.7 Å². The van der Waals surface area contributed by atoms with Gasteiger partial charge in [-0.3, -0.25) is 0 Å². The maximum absolute atomic E-state index is 5.91. The van der Waals surface area contributed by atoms with Crippen molar-refractivity contribution >= 4 is 11.4 Å². The standard InChI is InChI=1S/C14H22N2O2/c1-10-8-16(9-14(2,3)18-10)11-5-6-12(15)13(7-11)17-4/h5-7,10H,8-9,15H2,1-4H3. The highest BCUT2D eigenvalue weighted by Gasteiger charge is 2.31. The zero-order valence-corrected chi connectivity index (χ0v) is 11.6. The molecule has 0 saturated carbocycles. The van der Waals surface area contributed by atoms with E-state index in [0.717, 1.165) is 24.5 Å². The van der Waals surface area contributed by atoms with Crippen LogP contribution in [0.1, 0.15) is 20.8 Å². The molecule has 2 rings (SSSR count). The third kappa shape index (κ3) is 2.70. The summed E-state index contributed by atoms with van der Waals surface area (Å²) in [7, 11) is 1.64. The first-order chi connectivity index (χ1) is 8.41. The van der Waals surface area contributed by atoms with Crippen molar-refractivity contribution in [1.29, 1.82) is 0 Å². The van der Waals surface area contributed by atoms with Crippen LogP contribution in [0.5, 0.6) is 5.75 Å². The summed E-state index contributed by atoms with van der Waals surface area (Å²) in [4.78, 5) is 2.32. The van der Waals surface area contributed by atoms with Crippen molar-refractivity contribution in [3.63, 3.8) is 0 Å². The molecule has 2 N–H and O–H groups in total. The molecular formula is C14H22N2O2. The predicted octanol–water partition coefficient (Wildman–Crippen LogP) is 2.28. The van der Waals surface area contributed by atoms with Crippen LogP contribution in [0.15, 0.2) is 18.2 Å². The fraction of sp³-hybridized carbons (Fsp3) is 0.571. The fourth-order valence-corrected chi connectivity index (χ4v) is 2.55. The summed E-state index contributed by atoms with van der Waals surface area (Å²) in [5.41, 5.74) is 7.51. The molecule has 1 aromatic carbocycles. The molecule has 100 valence electrons. The van der Waals surface area contributed by atoms with E-state index in [2.05, 4.69) is 25.7 Å². The Morgan fingerprint density at radius 1 is 1.44 bits per heavy atom. The molecule has 0 amide bonds. The Labute approximate surface area is 109 Å². The Balaban J connectivity index is 2.25. The number of morpholine rings is 1. The number of methoxy groups -OCH3 is 1. The van der Waals surface area contributed by atoms with Gasteiger partial charge in [0.1, 0.15) is 5.75 Å². The van der Waals surface area contributed by atoms with Gasteiger partial charge in [-0.1, -0.05) is 0 Å². The largest absolute Gasteiger partial charge is 0.495 e. The molecule has 1 unspecified atom stereocenters. The van der Waals surface area contributed by atoms with Crippen LogP contribution in [0.4, 0.5) is 11.4 Å². The second kappa shape index (κ2) is 4.69. The number of benzene rings is 1. The average molecular weight is 250 g/mol. The molecule has 1 atom stereocenters. The van der Waals surface area contributed by atoms with Gasteiger partial charge in [0.05, 0.1) is 24.5 Å². The van der Waals surface area contributed by atoms with Crippen LogP contribution in [-0.4, -0.2) is 31.9 Å². The lowest BCUT2D eigenvalue weighted by molar-refractivity contribution is -0.0749. The number of hydrogen-bond acceptors (Lipinski definition) is 4. The summed E-state index contributed by atoms with van der Waals surface area (Å²) in [6, 6.07) is 5.91. The number of rotatable bonds is 2. The lowest BCUT2D eigenvalue weighted by atomic mass is 10.0. The van der Waals surface area contributed by atoms with Crippen LogP contribution in [0.25, 0.3) is 0 Å². The number of anilines is 2. The Kier molecular flexibility index (Phi) is 3.39. The molecule has 1 heterocycles. The third-order valence-electron chi connectivity index (χ3n) is 3.15. The first-order valence-corrected chi connectivity index (χ1v) is 6.27. The highest BCUT2D eigenvalue weighted by molar-refractivity contribution is 5.62. The van der Waals surface area contributed by atoms with Gasteiger partial charge in [-0.25, -0.2) is 0 Å². The van der Waals surface area contributed by atoms with Crippen molar-refractivity contribution in [1.82, 2.24) is 0 Å². The van der Waals surface area contributed by atoms with Crippen LogP contribution in [-0.2, 0) is 4.74 Å². The lowest BCUT2D eigenvalue weighted by Gasteiger charge is -2.43. The third-order valence-corrected chi connectivity index (χ3v) is 3.15. The molecular weight excluding hydrogens is 228 g/mol. The highest BCUT2D eigenvalue weighted by Crippen LogP contribution is 2.31. The number of ether oxygens (including phenoxy) is 2. The SMILES string of the molecule is COc1cc(N2CC(C)OC(C)(C)C2)ccc1N. The molecule has 4 nitrogen and oxygen atoms in total. The van der Waals surface area contributed by atoms with Crippen LogP contribution in [0.2, 0.25) is 0 Å². The molecule has 0 radical (unpaired) electrons. The van der Waals surface area contributed by atoms with E-state index in [1.165, 1.54) is 0 Å². The van der Waals surface area contributed by atoms with Gasteiger partial charge in [0.15, 0.2) is 0 Å². The smallest absolute Gasteiger partial charge is 0.143 e. The zero-order chi connectivity index (χ0) is 13.3. The minimum absolute atomic E-state index is 0.133. The molecule has 1 aliphatic rings. The number of hydrogen-bond donors (Lipinski definition) is 1. The van der Waals surface area contributed by atoms with Gasteiger partial charge >= 0.3 is 0 Å². The van der Waals surface area contributed by atoms with Crippen molar-refractivity contribution in [2.24, 2.45) is 0 Å². The first-order valence-electron chi connectivity index (χ1n) is 6.27. The second-order valence-corrected chi connectivity index (χ2v) is 5.49. The Morgan fingerprint density at radius 3 is 2.78 bits per heavy atom. The van der Waals surface area contributed by atoms with E-state index in [9.17, 15) is 0 Å². The summed E-state index contributed by atoms with van der Waals surface area (Å²) in [5.74, 6) is 0.726. The Morgan fingerprint density at radius 2 is 2.17 bits per heavy atom. The maximum Gasteiger partial charge on any atom is 0.143 e. The van der Waals surface area contributed by atoms with E-state index in [-0.39, 0.29) is 11.7 Å². The van der Waals surface area contributed by atoms with E-state index >= 15 is 0 Å². The average Bonchev–Trinajstić information content (AvgIpc) is 2.27. The minimum Gasteiger partial charge on any atom is -0.495 e. The van der Waals surface area contributed by atoms with Crippen LogP contribution in [0.3, 0.4) is 0 Å². The quantitative estimate of drug-likeness (QED) is 0.818. The first kappa shape index (κ1) is 13.0. The molecule has 0 bridgehead atoms. The summed E-state index contributed by atoms with van der Waals surface area (Å²) in [6.07, 6.45) is 0.220. The van der Waals surface area contributed by atoms with Crippen molar-refractivity contribution in [2.75, 3.05) is 30.8 Å². The molecule has 1 aromatic rings. The zero-order valence-electron chi connectivity index (χ0n) is 11.6. The lowest BCUT2D eigenvalue weighted by Crippen LogP contribution is -2.52. The number of nitrogens with two attached hydrogens (primary N) is 1. The second-order valence-electron chi connectivity index (χ2n) is 5.49. The normalized spacial score (nSPS) is 22.9.